The fourth-order valence-corrected chi connectivity index (χ4v) is 3.80. The highest BCUT2D eigenvalue weighted by Gasteiger charge is 2.20. The van der Waals surface area contributed by atoms with Gasteiger partial charge in [-0.25, -0.2) is 17.5 Å². The van der Waals surface area contributed by atoms with Gasteiger partial charge in [-0.2, -0.15) is 0 Å². The van der Waals surface area contributed by atoms with Crippen LogP contribution in [0.2, 0.25) is 0 Å². The second-order valence-corrected chi connectivity index (χ2v) is 8.63. The van der Waals surface area contributed by atoms with Crippen molar-refractivity contribution in [3.8, 4) is 0 Å². The number of esters is 1. The van der Waals surface area contributed by atoms with Gasteiger partial charge in [0.05, 0.1) is 10.5 Å². The van der Waals surface area contributed by atoms with Gasteiger partial charge in [0, 0.05) is 36.3 Å². The van der Waals surface area contributed by atoms with E-state index in [1.165, 1.54) is 38.4 Å². The maximum atomic E-state index is 12.6. The number of rotatable bonds is 6. The number of aromatic nitrogens is 1. The summed E-state index contributed by atoms with van der Waals surface area (Å²) >= 11 is 0. The van der Waals surface area contributed by atoms with E-state index in [1.807, 2.05) is 24.3 Å². The summed E-state index contributed by atoms with van der Waals surface area (Å²) in [6.45, 7) is 1.39. The molecular formula is C20H20N2O5S. The Bertz CT molecular complexity index is 1150. The molecule has 0 spiro atoms. The molecule has 0 fully saturated rings. The van der Waals surface area contributed by atoms with Gasteiger partial charge < -0.3 is 9.72 Å². The lowest BCUT2D eigenvalue weighted by molar-refractivity contribution is 0.0475. The Hall–Kier alpha value is -2.97. The van der Waals surface area contributed by atoms with Gasteiger partial charge >= 0.3 is 5.97 Å². The second-order valence-electron chi connectivity index (χ2n) is 6.48. The van der Waals surface area contributed by atoms with E-state index in [-0.39, 0.29) is 16.2 Å². The Labute approximate surface area is 163 Å². The van der Waals surface area contributed by atoms with E-state index in [9.17, 15) is 18.0 Å². The number of benzene rings is 2. The number of carbonyl (C=O) groups is 2. The van der Waals surface area contributed by atoms with Crippen molar-refractivity contribution in [1.82, 2.24) is 9.29 Å². The Balaban J connectivity index is 1.72. The standard InChI is InChI=1S/C20H20N2O5S/c1-13-19(16-6-4-5-7-17(16)21-13)18(23)12-27-20(24)14-8-10-15(11-9-14)28(25,26)22(2)3/h4-11,21H,12H2,1-3H3. The highest BCUT2D eigenvalue weighted by atomic mass is 32.2. The molecule has 3 aromatic rings. The molecule has 28 heavy (non-hydrogen) atoms. The summed E-state index contributed by atoms with van der Waals surface area (Å²) in [4.78, 5) is 28.0. The average molecular weight is 400 g/mol. The fourth-order valence-electron chi connectivity index (χ4n) is 2.90. The van der Waals surface area contributed by atoms with Crippen LogP contribution in [0.3, 0.4) is 0 Å². The minimum Gasteiger partial charge on any atom is -0.454 e. The topological polar surface area (TPSA) is 96.5 Å². The van der Waals surface area contributed by atoms with Gasteiger partial charge in [-0.05, 0) is 37.3 Å². The first-order chi connectivity index (χ1) is 13.2. The zero-order valence-corrected chi connectivity index (χ0v) is 16.5. The van der Waals surface area contributed by atoms with E-state index >= 15 is 0 Å². The smallest absolute Gasteiger partial charge is 0.338 e. The number of hydrogen-bond donors (Lipinski definition) is 1. The summed E-state index contributed by atoms with van der Waals surface area (Å²) in [5.74, 6) is -1.00. The van der Waals surface area contributed by atoms with Crippen LogP contribution in [-0.2, 0) is 14.8 Å². The molecule has 0 bridgehead atoms. The second kappa shape index (κ2) is 7.57. The Morgan fingerprint density at radius 3 is 2.32 bits per heavy atom. The van der Waals surface area contributed by atoms with E-state index in [1.54, 1.807) is 6.92 Å². The number of carbonyl (C=O) groups excluding carboxylic acids is 2. The molecule has 0 amide bonds. The monoisotopic (exact) mass is 400 g/mol. The number of aryl methyl sites for hydroxylation is 1. The first-order valence-corrected chi connectivity index (χ1v) is 9.96. The van der Waals surface area contributed by atoms with E-state index in [4.69, 9.17) is 4.74 Å². The lowest BCUT2D eigenvalue weighted by atomic mass is 10.1. The van der Waals surface area contributed by atoms with Crippen molar-refractivity contribution in [2.75, 3.05) is 20.7 Å². The van der Waals surface area contributed by atoms with Crippen LogP contribution < -0.4 is 0 Å². The summed E-state index contributed by atoms with van der Waals surface area (Å²) in [6.07, 6.45) is 0. The first kappa shape index (κ1) is 19.8. The zero-order chi connectivity index (χ0) is 20.5. The number of nitrogens with one attached hydrogen (secondary N) is 1. The number of fused-ring (bicyclic) bond motifs is 1. The molecule has 0 atom stereocenters. The molecule has 0 unspecified atom stereocenters. The summed E-state index contributed by atoms with van der Waals surface area (Å²) in [5, 5.41) is 0.777. The van der Waals surface area contributed by atoms with Crippen molar-refractivity contribution in [2.45, 2.75) is 11.8 Å². The number of ether oxygens (including phenoxy) is 1. The van der Waals surface area contributed by atoms with Crippen LogP contribution in [0.4, 0.5) is 0 Å². The van der Waals surface area contributed by atoms with Gasteiger partial charge in [0.25, 0.3) is 0 Å². The Morgan fingerprint density at radius 2 is 1.68 bits per heavy atom. The third-order valence-electron chi connectivity index (χ3n) is 4.38. The van der Waals surface area contributed by atoms with Gasteiger partial charge in [-0.15, -0.1) is 0 Å². The first-order valence-electron chi connectivity index (χ1n) is 8.52. The summed E-state index contributed by atoms with van der Waals surface area (Å²) in [5.41, 5.74) is 2.21. The van der Waals surface area contributed by atoms with Gasteiger partial charge in [-0.3, -0.25) is 4.79 Å². The van der Waals surface area contributed by atoms with E-state index in [0.29, 0.717) is 11.3 Å². The van der Waals surface area contributed by atoms with Crippen LogP contribution in [-0.4, -0.2) is 50.2 Å². The number of para-hydroxylation sites is 1. The highest BCUT2D eigenvalue weighted by Crippen LogP contribution is 2.22. The molecule has 0 aliphatic carbocycles. The van der Waals surface area contributed by atoms with Crippen molar-refractivity contribution >= 4 is 32.7 Å². The number of Topliss-reactive ketones (excluding diaryl/α,β-unsaturated/α-hetero) is 1. The molecule has 1 N–H and O–H groups in total. The van der Waals surface area contributed by atoms with Crippen LogP contribution in [0.25, 0.3) is 10.9 Å². The summed E-state index contributed by atoms with van der Waals surface area (Å²) < 4.78 is 30.3. The van der Waals surface area contributed by atoms with Gasteiger partial charge in [0.15, 0.2) is 6.61 Å². The number of nitrogens with zero attached hydrogens (tertiary/aromatic N) is 1. The highest BCUT2D eigenvalue weighted by molar-refractivity contribution is 7.89. The van der Waals surface area contributed by atoms with Crippen molar-refractivity contribution in [1.29, 1.82) is 0 Å². The molecule has 0 radical (unpaired) electrons. The van der Waals surface area contributed by atoms with E-state index in [0.717, 1.165) is 15.2 Å². The fraction of sp³-hybridized carbons (Fsp3) is 0.200. The van der Waals surface area contributed by atoms with Crippen LogP contribution in [0.5, 0.6) is 0 Å². The maximum absolute atomic E-state index is 12.6. The van der Waals surface area contributed by atoms with E-state index < -0.39 is 22.6 Å². The largest absolute Gasteiger partial charge is 0.454 e. The minimum atomic E-state index is -3.58. The van der Waals surface area contributed by atoms with Crippen molar-refractivity contribution in [3.63, 3.8) is 0 Å². The van der Waals surface area contributed by atoms with Crippen LogP contribution in [0.15, 0.2) is 53.4 Å². The molecule has 2 aromatic carbocycles. The maximum Gasteiger partial charge on any atom is 0.338 e. The number of ketones is 1. The molecule has 1 aromatic heterocycles. The number of sulfonamides is 1. The van der Waals surface area contributed by atoms with E-state index in [2.05, 4.69) is 4.98 Å². The normalized spacial score (nSPS) is 11.7. The molecule has 0 saturated heterocycles. The van der Waals surface area contributed by atoms with Crippen LogP contribution in [0.1, 0.15) is 26.4 Å². The number of H-pyrrole nitrogens is 1. The van der Waals surface area contributed by atoms with Gasteiger partial charge in [0.1, 0.15) is 0 Å². The Morgan fingerprint density at radius 1 is 1.04 bits per heavy atom. The number of hydrogen-bond acceptors (Lipinski definition) is 5. The average Bonchev–Trinajstić information content (AvgIpc) is 3.01. The Kier molecular flexibility index (Phi) is 5.35. The van der Waals surface area contributed by atoms with Gasteiger partial charge in [-0.1, -0.05) is 18.2 Å². The summed E-state index contributed by atoms with van der Waals surface area (Å²) in [7, 11) is -0.724. The van der Waals surface area contributed by atoms with Crippen LogP contribution in [0, 0.1) is 6.92 Å². The lowest BCUT2D eigenvalue weighted by Crippen LogP contribution is -2.22. The number of aromatic amines is 1. The third kappa shape index (κ3) is 3.69. The zero-order valence-electron chi connectivity index (χ0n) is 15.7. The van der Waals surface area contributed by atoms with Gasteiger partial charge in [0.2, 0.25) is 15.8 Å². The molecule has 1 heterocycles. The molecule has 8 heteroatoms. The third-order valence-corrected chi connectivity index (χ3v) is 6.20. The van der Waals surface area contributed by atoms with Crippen LogP contribution >= 0.6 is 0 Å². The van der Waals surface area contributed by atoms with Crippen molar-refractivity contribution < 1.29 is 22.7 Å². The molecule has 3 rings (SSSR count). The molecule has 146 valence electrons. The van der Waals surface area contributed by atoms with Crippen molar-refractivity contribution in [3.05, 3.63) is 65.4 Å². The molecular weight excluding hydrogens is 380 g/mol. The molecule has 0 aliphatic rings. The predicted molar refractivity (Wildman–Crippen MR) is 105 cm³/mol. The SMILES string of the molecule is Cc1[nH]c2ccccc2c1C(=O)COC(=O)c1ccc(S(=O)(=O)N(C)C)cc1. The summed E-state index contributed by atoms with van der Waals surface area (Å²) in [6, 6.07) is 12.8. The predicted octanol–water partition coefficient (Wildman–Crippen LogP) is 2.77. The lowest BCUT2D eigenvalue weighted by Gasteiger charge is -2.11. The quantitative estimate of drug-likeness (QED) is 0.507. The molecule has 0 aliphatic heterocycles. The molecule has 7 nitrogen and oxygen atoms in total. The van der Waals surface area contributed by atoms with Crippen molar-refractivity contribution in [2.24, 2.45) is 0 Å². The minimum absolute atomic E-state index is 0.0690. The molecule has 0 saturated carbocycles.